The normalized spacial score (nSPS) is 31.2. The van der Waals surface area contributed by atoms with Gasteiger partial charge in [0.2, 0.25) is 5.91 Å². The Balaban J connectivity index is 2.27. The Morgan fingerprint density at radius 1 is 1.57 bits per heavy atom. The van der Waals surface area contributed by atoms with Gasteiger partial charge in [-0.25, -0.2) is 4.99 Å². The minimum absolute atomic E-state index is 0.0601. The molecule has 1 N–H and O–H groups in total. The van der Waals surface area contributed by atoms with E-state index >= 15 is 0 Å². The van der Waals surface area contributed by atoms with Crippen molar-refractivity contribution in [2.24, 2.45) is 4.99 Å². The van der Waals surface area contributed by atoms with Crippen LogP contribution in [0.4, 0.5) is 0 Å². The molecule has 0 fully saturated rings. The Morgan fingerprint density at radius 3 is 3.29 bits per heavy atom. The quantitative estimate of drug-likeness (QED) is 0.539. The van der Waals surface area contributed by atoms with E-state index in [1.54, 1.807) is 6.21 Å². The highest BCUT2D eigenvalue weighted by atomic mass is 127. The molecule has 2 heterocycles. The summed E-state index contributed by atoms with van der Waals surface area (Å²) in [6.45, 7) is 0. The lowest BCUT2D eigenvalue weighted by molar-refractivity contribution is -0.119. The van der Waals surface area contributed by atoms with E-state index in [2.05, 4.69) is 39.0 Å². The summed E-state index contributed by atoms with van der Waals surface area (Å²) < 4.78 is 0.0601. The van der Waals surface area contributed by atoms with Crippen LogP contribution in [0.1, 0.15) is 19.3 Å². The molecule has 0 aromatic carbocycles. The van der Waals surface area contributed by atoms with Gasteiger partial charge in [0, 0.05) is 6.21 Å². The number of halogens is 1. The van der Waals surface area contributed by atoms with Crippen LogP contribution in [0.25, 0.3) is 0 Å². The number of alkyl halides is 1. The molecular weight excluding hydrogens is 291 g/mol. The fraction of sp³-hybridized carbons (Fsp3) is 0.400. The average molecular weight is 302 g/mol. The van der Waals surface area contributed by atoms with Crippen LogP contribution in [-0.2, 0) is 4.79 Å². The largest absolute Gasteiger partial charge is 0.310 e. The predicted molar refractivity (Wildman–Crippen MR) is 64.5 cm³/mol. The fourth-order valence-corrected chi connectivity index (χ4v) is 2.25. The van der Waals surface area contributed by atoms with E-state index in [9.17, 15) is 4.79 Å². The molecule has 0 spiro atoms. The number of hydrogen-bond donors (Lipinski definition) is 1. The Morgan fingerprint density at radius 2 is 2.43 bits per heavy atom. The van der Waals surface area contributed by atoms with Gasteiger partial charge in [-0.1, -0.05) is 28.7 Å². The molecule has 2 aliphatic rings. The number of rotatable bonds is 0. The second-order valence-electron chi connectivity index (χ2n) is 3.36. The number of aliphatic imine (C=N–C) groups is 1. The Kier molecular flexibility index (Phi) is 3.00. The van der Waals surface area contributed by atoms with Crippen molar-refractivity contribution < 1.29 is 4.79 Å². The molecule has 2 rings (SSSR count). The number of carbonyl (C=O) groups is 1. The highest BCUT2D eigenvalue weighted by molar-refractivity contribution is 14.1. The lowest BCUT2D eigenvalue weighted by Gasteiger charge is -2.22. The van der Waals surface area contributed by atoms with Gasteiger partial charge in [-0.15, -0.1) is 0 Å². The topological polar surface area (TPSA) is 41.5 Å². The second-order valence-corrected chi connectivity index (χ2v) is 4.86. The van der Waals surface area contributed by atoms with E-state index in [1.165, 1.54) is 5.57 Å². The first-order chi connectivity index (χ1) is 6.77. The van der Waals surface area contributed by atoms with Crippen LogP contribution in [0.3, 0.4) is 0 Å². The Hall–Kier alpha value is -0.650. The van der Waals surface area contributed by atoms with E-state index in [4.69, 9.17) is 0 Å². The maximum Gasteiger partial charge on any atom is 0.238 e. The third-order valence-electron chi connectivity index (χ3n) is 2.33. The van der Waals surface area contributed by atoms with Crippen LogP contribution in [0.15, 0.2) is 28.5 Å². The van der Waals surface area contributed by atoms with Crippen molar-refractivity contribution in [1.29, 1.82) is 0 Å². The van der Waals surface area contributed by atoms with Gasteiger partial charge in [0.25, 0.3) is 0 Å². The summed E-state index contributed by atoms with van der Waals surface area (Å²) in [6.07, 6.45) is 8.64. The monoisotopic (exact) mass is 302 g/mol. The van der Waals surface area contributed by atoms with Crippen molar-refractivity contribution in [3.05, 3.63) is 23.5 Å². The lowest BCUT2D eigenvalue weighted by Crippen LogP contribution is -2.35. The van der Waals surface area contributed by atoms with Crippen LogP contribution in [-0.4, -0.2) is 16.0 Å². The molecule has 1 atom stereocenters. The van der Waals surface area contributed by atoms with Crippen molar-refractivity contribution in [2.45, 2.75) is 23.2 Å². The van der Waals surface area contributed by atoms with Gasteiger partial charge in [-0.3, -0.25) is 4.79 Å². The standard InChI is InChI=1S/C10H11IN2O/c11-8-6-7-4-2-1-3-5-12-9(7)13-10(8)14/h1,3,5,8H,2,4,6H2,(H,13,14)/b3-1-,12-5-. The number of carbonyl (C=O) groups excluding carboxylic acids is 1. The first-order valence-electron chi connectivity index (χ1n) is 4.63. The van der Waals surface area contributed by atoms with Crippen LogP contribution in [0, 0.1) is 0 Å². The smallest absolute Gasteiger partial charge is 0.238 e. The molecule has 0 bridgehead atoms. The molecular formula is C10H11IN2O. The highest BCUT2D eigenvalue weighted by Crippen LogP contribution is 2.26. The van der Waals surface area contributed by atoms with Crippen molar-refractivity contribution in [1.82, 2.24) is 5.32 Å². The summed E-state index contributed by atoms with van der Waals surface area (Å²) >= 11 is 2.18. The van der Waals surface area contributed by atoms with Gasteiger partial charge in [-0.2, -0.15) is 0 Å². The van der Waals surface area contributed by atoms with E-state index in [1.807, 2.05) is 6.08 Å². The zero-order valence-corrected chi connectivity index (χ0v) is 9.82. The molecule has 0 saturated carbocycles. The molecule has 1 amide bonds. The number of allylic oxidation sites excluding steroid dienone is 3. The lowest BCUT2D eigenvalue weighted by atomic mass is 10.0. The molecule has 0 radical (unpaired) electrons. The molecule has 1 unspecified atom stereocenters. The predicted octanol–water partition coefficient (Wildman–Crippen LogP) is 1.94. The van der Waals surface area contributed by atoms with Crippen LogP contribution < -0.4 is 5.32 Å². The maximum absolute atomic E-state index is 11.4. The van der Waals surface area contributed by atoms with Crippen LogP contribution in [0.2, 0.25) is 0 Å². The average Bonchev–Trinajstić information content (AvgIpc) is 2.13. The van der Waals surface area contributed by atoms with E-state index in [0.717, 1.165) is 25.1 Å². The van der Waals surface area contributed by atoms with Gasteiger partial charge in [0.15, 0.2) is 0 Å². The number of hydrogen-bond acceptors (Lipinski definition) is 2. The molecule has 0 saturated heterocycles. The maximum atomic E-state index is 11.4. The molecule has 0 aromatic heterocycles. The van der Waals surface area contributed by atoms with Crippen LogP contribution >= 0.6 is 22.6 Å². The molecule has 0 aromatic rings. The Labute approximate surface area is 96.5 Å². The minimum Gasteiger partial charge on any atom is -0.310 e. The van der Waals surface area contributed by atoms with Gasteiger partial charge in [0.05, 0.1) is 3.92 Å². The van der Waals surface area contributed by atoms with E-state index < -0.39 is 0 Å². The van der Waals surface area contributed by atoms with Crippen molar-refractivity contribution in [3.63, 3.8) is 0 Å². The van der Waals surface area contributed by atoms with Gasteiger partial charge >= 0.3 is 0 Å². The summed E-state index contributed by atoms with van der Waals surface area (Å²) in [5.74, 6) is 0.846. The van der Waals surface area contributed by atoms with Gasteiger partial charge in [0.1, 0.15) is 5.82 Å². The first-order valence-corrected chi connectivity index (χ1v) is 5.88. The molecule has 74 valence electrons. The van der Waals surface area contributed by atoms with Gasteiger partial charge < -0.3 is 5.32 Å². The zero-order valence-electron chi connectivity index (χ0n) is 7.66. The van der Waals surface area contributed by atoms with Gasteiger partial charge in [-0.05, 0) is 30.9 Å². The summed E-state index contributed by atoms with van der Waals surface area (Å²) in [6, 6.07) is 0. The SMILES string of the molecule is O=C1NC2=C(CC/C=C\C=N/2)CC1I. The number of nitrogens with one attached hydrogen (secondary N) is 1. The third-order valence-corrected chi connectivity index (χ3v) is 3.33. The third kappa shape index (κ3) is 2.05. The van der Waals surface area contributed by atoms with E-state index in [-0.39, 0.29) is 9.83 Å². The summed E-state index contributed by atoms with van der Waals surface area (Å²) in [4.78, 5) is 15.6. The molecule has 4 heteroatoms. The van der Waals surface area contributed by atoms with Crippen molar-refractivity contribution in [3.8, 4) is 0 Å². The summed E-state index contributed by atoms with van der Waals surface area (Å²) in [7, 11) is 0. The second kappa shape index (κ2) is 4.25. The number of amides is 1. The first kappa shape index (κ1) is 9.89. The van der Waals surface area contributed by atoms with E-state index in [0.29, 0.717) is 0 Å². The highest BCUT2D eigenvalue weighted by Gasteiger charge is 2.25. The molecule has 2 aliphatic heterocycles. The minimum atomic E-state index is 0.0601. The fourth-order valence-electron chi connectivity index (χ4n) is 1.57. The zero-order chi connectivity index (χ0) is 9.97. The number of nitrogens with zero attached hydrogens (tertiary/aromatic N) is 1. The molecule has 3 nitrogen and oxygen atoms in total. The summed E-state index contributed by atoms with van der Waals surface area (Å²) in [5, 5.41) is 2.84. The summed E-state index contributed by atoms with van der Waals surface area (Å²) in [5.41, 5.74) is 1.27. The Bertz CT molecular complexity index is 344. The van der Waals surface area contributed by atoms with Crippen LogP contribution in [0.5, 0.6) is 0 Å². The molecule has 0 aliphatic carbocycles. The van der Waals surface area contributed by atoms with Crippen molar-refractivity contribution >= 4 is 34.7 Å². The van der Waals surface area contributed by atoms with Crippen molar-refractivity contribution in [2.75, 3.05) is 0 Å². The molecule has 14 heavy (non-hydrogen) atoms.